The predicted octanol–water partition coefficient (Wildman–Crippen LogP) is 2.92. The zero-order chi connectivity index (χ0) is 14.4. The van der Waals surface area contributed by atoms with Crippen LogP contribution < -0.4 is 16.0 Å². The molecule has 1 aromatic rings. The Morgan fingerprint density at radius 3 is 2.52 bits per heavy atom. The van der Waals surface area contributed by atoms with Crippen molar-refractivity contribution in [1.29, 1.82) is 0 Å². The van der Waals surface area contributed by atoms with Gasteiger partial charge < -0.3 is 16.0 Å². The first kappa shape index (κ1) is 13.0. The number of carbonyl (C=O) groups excluding carboxylic acids is 1. The Morgan fingerprint density at radius 1 is 1.10 bits per heavy atom. The maximum atomic E-state index is 11.5. The quantitative estimate of drug-likeness (QED) is 0.780. The average Bonchev–Trinajstić information content (AvgIpc) is 3.05. The highest BCUT2D eigenvalue weighted by molar-refractivity contribution is 6.00. The van der Waals surface area contributed by atoms with E-state index in [0.29, 0.717) is 11.8 Å². The number of fused-ring (bicyclic) bond motifs is 1. The van der Waals surface area contributed by atoms with Gasteiger partial charge in [-0.1, -0.05) is 12.8 Å². The number of nitrogen functional groups attached to an aromatic ring is 1. The molecule has 4 rings (SSSR count). The number of hydrogen-bond acceptors (Lipinski definition) is 3. The number of rotatable bonds is 1. The minimum absolute atomic E-state index is 0.0742. The molecule has 1 saturated carbocycles. The maximum absolute atomic E-state index is 11.5. The van der Waals surface area contributed by atoms with Crippen LogP contribution in [0.4, 0.5) is 17.1 Å². The Hall–Kier alpha value is -1.71. The smallest absolute Gasteiger partial charge is 0.228 e. The van der Waals surface area contributed by atoms with E-state index < -0.39 is 0 Å². The highest BCUT2D eigenvalue weighted by atomic mass is 16.1. The highest BCUT2D eigenvalue weighted by Crippen LogP contribution is 2.47. The largest absolute Gasteiger partial charge is 0.397 e. The van der Waals surface area contributed by atoms with Crippen molar-refractivity contribution < 1.29 is 4.79 Å². The van der Waals surface area contributed by atoms with E-state index in [2.05, 4.69) is 16.3 Å². The number of carbonyl (C=O) groups is 1. The summed E-state index contributed by atoms with van der Waals surface area (Å²) in [4.78, 5) is 13.9. The molecule has 0 unspecified atom stereocenters. The van der Waals surface area contributed by atoms with E-state index in [1.807, 2.05) is 6.07 Å². The molecule has 1 spiro atoms. The number of benzene rings is 1. The number of piperidine rings is 1. The molecular weight excluding hydrogens is 262 g/mol. The van der Waals surface area contributed by atoms with Crippen molar-refractivity contribution in [2.75, 3.05) is 29.0 Å². The number of nitrogens with one attached hydrogen (secondary N) is 1. The second kappa shape index (κ2) is 4.65. The van der Waals surface area contributed by atoms with Crippen LogP contribution >= 0.6 is 0 Å². The zero-order valence-electron chi connectivity index (χ0n) is 12.5. The fraction of sp³-hybridized carbons (Fsp3) is 0.588. The molecule has 1 amide bonds. The van der Waals surface area contributed by atoms with Crippen LogP contribution in [0.2, 0.25) is 0 Å². The van der Waals surface area contributed by atoms with Crippen molar-refractivity contribution in [3.63, 3.8) is 0 Å². The van der Waals surface area contributed by atoms with Gasteiger partial charge in [-0.25, -0.2) is 0 Å². The van der Waals surface area contributed by atoms with Crippen molar-refractivity contribution >= 4 is 23.0 Å². The van der Waals surface area contributed by atoms with Crippen molar-refractivity contribution in [1.82, 2.24) is 0 Å². The summed E-state index contributed by atoms with van der Waals surface area (Å²) in [5, 5.41) is 2.93. The zero-order valence-corrected chi connectivity index (χ0v) is 12.5. The van der Waals surface area contributed by atoms with Gasteiger partial charge in [0.15, 0.2) is 0 Å². The fourth-order valence-electron chi connectivity index (χ4n) is 4.40. The molecule has 0 atom stereocenters. The molecule has 112 valence electrons. The van der Waals surface area contributed by atoms with Crippen LogP contribution in [0.3, 0.4) is 0 Å². The van der Waals surface area contributed by atoms with Crippen LogP contribution in [0, 0.1) is 5.41 Å². The summed E-state index contributed by atoms with van der Waals surface area (Å²) < 4.78 is 0. The van der Waals surface area contributed by atoms with Gasteiger partial charge in [-0.15, -0.1) is 0 Å². The number of anilines is 3. The molecule has 4 nitrogen and oxygen atoms in total. The van der Waals surface area contributed by atoms with E-state index in [-0.39, 0.29) is 5.91 Å². The van der Waals surface area contributed by atoms with Crippen molar-refractivity contribution in [3.8, 4) is 0 Å². The highest BCUT2D eigenvalue weighted by Gasteiger charge is 2.37. The summed E-state index contributed by atoms with van der Waals surface area (Å²) in [5.41, 5.74) is 10.8. The molecule has 0 aromatic heterocycles. The molecule has 4 heteroatoms. The number of amides is 1. The summed E-state index contributed by atoms with van der Waals surface area (Å²) in [7, 11) is 0. The third kappa shape index (κ3) is 2.17. The molecule has 3 aliphatic rings. The lowest BCUT2D eigenvalue weighted by atomic mass is 9.77. The number of hydrogen-bond donors (Lipinski definition) is 2. The third-order valence-corrected chi connectivity index (χ3v) is 5.71. The van der Waals surface area contributed by atoms with E-state index in [1.165, 1.54) is 38.5 Å². The maximum Gasteiger partial charge on any atom is 0.228 e. The van der Waals surface area contributed by atoms with Gasteiger partial charge in [0.2, 0.25) is 5.91 Å². The van der Waals surface area contributed by atoms with Gasteiger partial charge in [-0.2, -0.15) is 0 Å². The fourth-order valence-corrected chi connectivity index (χ4v) is 4.40. The third-order valence-electron chi connectivity index (χ3n) is 5.71. The van der Waals surface area contributed by atoms with Gasteiger partial charge in [0.25, 0.3) is 0 Å². The Morgan fingerprint density at radius 2 is 1.81 bits per heavy atom. The molecule has 21 heavy (non-hydrogen) atoms. The topological polar surface area (TPSA) is 58.4 Å². The SMILES string of the molecule is Nc1cc2c(cc1N1CCC3(CCCC3)CC1)NC(=O)C2. The van der Waals surface area contributed by atoms with Gasteiger partial charge in [-0.05, 0) is 48.8 Å². The van der Waals surface area contributed by atoms with Crippen LogP contribution in [0.25, 0.3) is 0 Å². The molecule has 0 radical (unpaired) electrons. The summed E-state index contributed by atoms with van der Waals surface area (Å²) >= 11 is 0. The van der Waals surface area contributed by atoms with E-state index in [0.717, 1.165) is 35.7 Å². The van der Waals surface area contributed by atoms with E-state index in [4.69, 9.17) is 5.73 Å². The molecule has 3 N–H and O–H groups in total. The lowest BCUT2D eigenvalue weighted by Crippen LogP contribution is -2.39. The minimum Gasteiger partial charge on any atom is -0.397 e. The predicted molar refractivity (Wildman–Crippen MR) is 85.5 cm³/mol. The molecule has 1 saturated heterocycles. The lowest BCUT2D eigenvalue weighted by Gasteiger charge is -2.41. The van der Waals surface area contributed by atoms with Gasteiger partial charge in [0, 0.05) is 18.8 Å². The monoisotopic (exact) mass is 285 g/mol. The van der Waals surface area contributed by atoms with Crippen LogP contribution in [0.5, 0.6) is 0 Å². The normalized spacial score (nSPS) is 23.4. The Balaban J connectivity index is 1.55. The van der Waals surface area contributed by atoms with Crippen LogP contribution in [-0.4, -0.2) is 19.0 Å². The Labute approximate surface area is 125 Å². The van der Waals surface area contributed by atoms with Crippen molar-refractivity contribution in [2.45, 2.75) is 44.9 Å². The number of nitrogens with two attached hydrogens (primary N) is 1. The van der Waals surface area contributed by atoms with E-state index >= 15 is 0 Å². The second-order valence-corrected chi connectivity index (χ2v) is 6.99. The summed E-state index contributed by atoms with van der Waals surface area (Å²) in [6, 6.07) is 4.05. The van der Waals surface area contributed by atoms with Gasteiger partial charge >= 0.3 is 0 Å². The molecule has 1 aliphatic carbocycles. The minimum atomic E-state index is 0.0742. The summed E-state index contributed by atoms with van der Waals surface area (Å²) in [5.74, 6) is 0.0742. The van der Waals surface area contributed by atoms with Crippen LogP contribution in [0.1, 0.15) is 44.1 Å². The van der Waals surface area contributed by atoms with Crippen molar-refractivity contribution in [2.24, 2.45) is 5.41 Å². The first-order chi connectivity index (χ1) is 10.2. The molecule has 1 aromatic carbocycles. The molecule has 2 aliphatic heterocycles. The second-order valence-electron chi connectivity index (χ2n) is 6.99. The van der Waals surface area contributed by atoms with Crippen molar-refractivity contribution in [3.05, 3.63) is 17.7 Å². The first-order valence-corrected chi connectivity index (χ1v) is 8.12. The Bertz CT molecular complexity index is 580. The molecular formula is C17H23N3O. The molecule has 2 fully saturated rings. The lowest BCUT2D eigenvalue weighted by molar-refractivity contribution is -0.115. The van der Waals surface area contributed by atoms with Gasteiger partial charge in [-0.3, -0.25) is 4.79 Å². The number of nitrogens with zero attached hydrogens (tertiary/aromatic N) is 1. The first-order valence-electron chi connectivity index (χ1n) is 8.12. The summed E-state index contributed by atoms with van der Waals surface area (Å²) in [6.45, 7) is 2.19. The summed E-state index contributed by atoms with van der Waals surface area (Å²) in [6.07, 6.45) is 8.68. The average molecular weight is 285 g/mol. The van der Waals surface area contributed by atoms with E-state index in [1.54, 1.807) is 0 Å². The van der Waals surface area contributed by atoms with Gasteiger partial charge in [0.1, 0.15) is 0 Å². The van der Waals surface area contributed by atoms with Gasteiger partial charge in [0.05, 0.1) is 17.8 Å². The van der Waals surface area contributed by atoms with Crippen LogP contribution in [0.15, 0.2) is 12.1 Å². The standard InChI is InChI=1S/C17H23N3O/c18-13-9-12-10-16(21)19-14(12)11-15(13)20-7-5-17(6-8-20)3-1-2-4-17/h9,11H,1-8,10,18H2,(H,19,21). The van der Waals surface area contributed by atoms with Crippen LogP contribution in [-0.2, 0) is 11.2 Å². The van der Waals surface area contributed by atoms with E-state index in [9.17, 15) is 4.79 Å². The Kier molecular flexibility index (Phi) is 2.88. The molecule has 2 heterocycles. The molecule has 0 bridgehead atoms.